The zero-order valence-corrected chi connectivity index (χ0v) is 12.7. The van der Waals surface area contributed by atoms with Gasteiger partial charge in [0.2, 0.25) is 11.7 Å². The van der Waals surface area contributed by atoms with Gasteiger partial charge in [0, 0.05) is 18.0 Å². The molecule has 112 valence electrons. The van der Waals surface area contributed by atoms with Crippen molar-refractivity contribution in [3.05, 3.63) is 29.9 Å². The van der Waals surface area contributed by atoms with Gasteiger partial charge in [-0.3, -0.25) is 4.98 Å². The molecule has 0 aliphatic carbocycles. The van der Waals surface area contributed by atoms with Crippen LogP contribution in [0.3, 0.4) is 0 Å². The number of rotatable bonds is 4. The van der Waals surface area contributed by atoms with Crippen LogP contribution in [0.4, 0.5) is 0 Å². The maximum absolute atomic E-state index is 5.65. The third-order valence-electron chi connectivity index (χ3n) is 4.45. The van der Waals surface area contributed by atoms with E-state index in [1.807, 2.05) is 13.0 Å². The van der Waals surface area contributed by atoms with Crippen molar-refractivity contribution in [3.8, 4) is 11.4 Å². The molecule has 5 nitrogen and oxygen atoms in total. The Bertz CT molecular complexity index is 596. The molecular formula is C16H22N4O. The Balaban J connectivity index is 1.94. The number of nitrogens with one attached hydrogen (secondary N) is 1. The lowest BCUT2D eigenvalue weighted by Gasteiger charge is -2.34. The smallest absolute Gasteiger partial charge is 0.233 e. The lowest BCUT2D eigenvalue weighted by molar-refractivity contribution is 0.208. The molecule has 1 N–H and O–H groups in total. The molecule has 0 amide bonds. The van der Waals surface area contributed by atoms with E-state index in [9.17, 15) is 0 Å². The highest BCUT2D eigenvalue weighted by Crippen LogP contribution is 2.37. The van der Waals surface area contributed by atoms with Gasteiger partial charge in [-0.25, -0.2) is 0 Å². The minimum absolute atomic E-state index is 0.0430. The van der Waals surface area contributed by atoms with E-state index in [4.69, 9.17) is 9.51 Å². The zero-order chi connectivity index (χ0) is 14.7. The first-order valence-electron chi connectivity index (χ1n) is 7.71. The average Bonchev–Trinajstić information content (AvgIpc) is 2.99. The van der Waals surface area contributed by atoms with E-state index in [1.54, 1.807) is 12.4 Å². The van der Waals surface area contributed by atoms with Gasteiger partial charge in [-0.1, -0.05) is 18.5 Å². The predicted molar refractivity (Wildman–Crippen MR) is 81.0 cm³/mol. The Labute approximate surface area is 125 Å². The molecule has 2 aromatic rings. The fourth-order valence-corrected chi connectivity index (χ4v) is 3.20. The topological polar surface area (TPSA) is 63.8 Å². The number of hydrogen-bond acceptors (Lipinski definition) is 5. The first-order valence-corrected chi connectivity index (χ1v) is 7.71. The molecule has 5 heteroatoms. The molecule has 1 saturated heterocycles. The monoisotopic (exact) mass is 286 g/mol. The predicted octanol–water partition coefficient (Wildman–Crippen LogP) is 2.86. The fourth-order valence-electron chi connectivity index (χ4n) is 3.20. The molecular weight excluding hydrogens is 264 g/mol. The summed E-state index contributed by atoms with van der Waals surface area (Å²) in [5, 5.41) is 7.62. The summed E-state index contributed by atoms with van der Waals surface area (Å²) in [7, 11) is 0. The largest absolute Gasteiger partial charge is 0.338 e. The first-order chi connectivity index (χ1) is 10.2. The highest BCUT2D eigenvalue weighted by molar-refractivity contribution is 5.57. The molecule has 2 aromatic heterocycles. The number of pyridine rings is 1. The van der Waals surface area contributed by atoms with Crippen LogP contribution in [0.15, 0.2) is 23.0 Å². The van der Waals surface area contributed by atoms with Gasteiger partial charge in [-0.15, -0.1) is 0 Å². The summed E-state index contributed by atoms with van der Waals surface area (Å²) in [5.74, 6) is 1.45. The summed E-state index contributed by atoms with van der Waals surface area (Å²) in [6.07, 6.45) is 7.94. The van der Waals surface area contributed by atoms with E-state index >= 15 is 0 Å². The van der Waals surface area contributed by atoms with Gasteiger partial charge in [0.05, 0.1) is 5.41 Å². The molecule has 1 aliphatic rings. The number of aromatic nitrogens is 3. The van der Waals surface area contributed by atoms with Crippen molar-refractivity contribution in [2.75, 3.05) is 13.1 Å². The van der Waals surface area contributed by atoms with Gasteiger partial charge in [-0.2, -0.15) is 4.98 Å². The Hall–Kier alpha value is -1.75. The van der Waals surface area contributed by atoms with E-state index in [-0.39, 0.29) is 5.41 Å². The number of hydrogen-bond donors (Lipinski definition) is 1. The average molecular weight is 286 g/mol. The van der Waals surface area contributed by atoms with E-state index < -0.39 is 0 Å². The Morgan fingerprint density at radius 1 is 1.33 bits per heavy atom. The van der Waals surface area contributed by atoms with Crippen LogP contribution in [0, 0.1) is 6.92 Å². The van der Waals surface area contributed by atoms with E-state index in [0.717, 1.165) is 55.8 Å². The van der Waals surface area contributed by atoms with Gasteiger partial charge in [0.25, 0.3) is 0 Å². The van der Waals surface area contributed by atoms with E-state index in [0.29, 0.717) is 5.82 Å². The van der Waals surface area contributed by atoms with Crippen LogP contribution in [-0.4, -0.2) is 28.2 Å². The third kappa shape index (κ3) is 2.70. The maximum atomic E-state index is 5.65. The summed E-state index contributed by atoms with van der Waals surface area (Å²) >= 11 is 0. The van der Waals surface area contributed by atoms with Crippen LogP contribution in [0.2, 0.25) is 0 Å². The van der Waals surface area contributed by atoms with Crippen LogP contribution in [0.1, 0.15) is 44.1 Å². The maximum Gasteiger partial charge on any atom is 0.233 e. The summed E-state index contributed by atoms with van der Waals surface area (Å²) in [6.45, 7) is 6.29. The van der Waals surface area contributed by atoms with Crippen LogP contribution >= 0.6 is 0 Å². The quantitative estimate of drug-likeness (QED) is 0.936. The number of piperidine rings is 1. The van der Waals surface area contributed by atoms with Crippen molar-refractivity contribution in [1.29, 1.82) is 0 Å². The van der Waals surface area contributed by atoms with Crippen molar-refractivity contribution < 1.29 is 4.52 Å². The van der Waals surface area contributed by atoms with Crippen molar-refractivity contribution >= 4 is 0 Å². The summed E-state index contributed by atoms with van der Waals surface area (Å²) < 4.78 is 5.65. The van der Waals surface area contributed by atoms with E-state index in [2.05, 4.69) is 22.4 Å². The minimum Gasteiger partial charge on any atom is -0.338 e. The summed E-state index contributed by atoms with van der Waals surface area (Å²) in [5.41, 5.74) is 2.11. The third-order valence-corrected chi connectivity index (χ3v) is 4.45. The molecule has 0 aromatic carbocycles. The Morgan fingerprint density at radius 3 is 2.86 bits per heavy atom. The SMILES string of the molecule is CCCC1(c2nc(-c3cnccc3C)no2)CCNCC1. The lowest BCUT2D eigenvalue weighted by Crippen LogP contribution is -2.40. The molecule has 0 bridgehead atoms. The van der Waals surface area contributed by atoms with Gasteiger partial charge in [-0.05, 0) is 50.9 Å². The summed E-state index contributed by atoms with van der Waals surface area (Å²) in [4.78, 5) is 8.88. The van der Waals surface area contributed by atoms with Gasteiger partial charge in [0.1, 0.15) is 0 Å². The fraction of sp³-hybridized carbons (Fsp3) is 0.562. The zero-order valence-electron chi connectivity index (χ0n) is 12.7. The molecule has 21 heavy (non-hydrogen) atoms. The molecule has 1 fully saturated rings. The van der Waals surface area contributed by atoms with Gasteiger partial charge >= 0.3 is 0 Å². The second-order valence-electron chi connectivity index (χ2n) is 5.89. The molecule has 0 saturated carbocycles. The molecule has 0 spiro atoms. The standard InChI is InChI=1S/C16H22N4O/c1-3-5-16(6-9-17-10-7-16)15-19-14(20-21-15)13-11-18-8-4-12(13)2/h4,8,11,17H,3,5-7,9-10H2,1-2H3. The summed E-state index contributed by atoms with van der Waals surface area (Å²) in [6, 6.07) is 1.97. The van der Waals surface area contributed by atoms with Crippen molar-refractivity contribution in [2.24, 2.45) is 0 Å². The van der Waals surface area contributed by atoms with Crippen molar-refractivity contribution in [1.82, 2.24) is 20.4 Å². The molecule has 3 rings (SSSR count). The second kappa shape index (κ2) is 5.93. The highest BCUT2D eigenvalue weighted by atomic mass is 16.5. The van der Waals surface area contributed by atoms with Gasteiger partial charge in [0.15, 0.2) is 0 Å². The van der Waals surface area contributed by atoms with Gasteiger partial charge < -0.3 is 9.84 Å². The normalized spacial score (nSPS) is 17.8. The van der Waals surface area contributed by atoms with E-state index in [1.165, 1.54) is 0 Å². The lowest BCUT2D eigenvalue weighted by atomic mass is 9.75. The molecule has 1 aliphatic heterocycles. The Kier molecular flexibility index (Phi) is 4.01. The van der Waals surface area contributed by atoms with Crippen LogP contribution < -0.4 is 5.32 Å². The highest BCUT2D eigenvalue weighted by Gasteiger charge is 2.38. The molecule has 3 heterocycles. The molecule has 0 unspecified atom stereocenters. The van der Waals surface area contributed by atoms with Crippen molar-refractivity contribution in [2.45, 2.75) is 44.9 Å². The van der Waals surface area contributed by atoms with Crippen LogP contribution in [-0.2, 0) is 5.41 Å². The second-order valence-corrected chi connectivity index (χ2v) is 5.89. The molecule has 0 radical (unpaired) electrons. The molecule has 0 atom stereocenters. The number of nitrogens with zero attached hydrogens (tertiary/aromatic N) is 3. The minimum atomic E-state index is 0.0430. The van der Waals surface area contributed by atoms with Crippen LogP contribution in [0.5, 0.6) is 0 Å². The van der Waals surface area contributed by atoms with Crippen molar-refractivity contribution in [3.63, 3.8) is 0 Å². The van der Waals surface area contributed by atoms with Crippen LogP contribution in [0.25, 0.3) is 11.4 Å². The first kappa shape index (κ1) is 14.2. The Morgan fingerprint density at radius 2 is 2.14 bits per heavy atom. The number of aryl methyl sites for hydroxylation is 1.